The van der Waals surface area contributed by atoms with Crippen LogP contribution in [0, 0.1) is 0 Å². The fourth-order valence-corrected chi connectivity index (χ4v) is 3.42. The lowest BCUT2D eigenvalue weighted by molar-refractivity contribution is -0.0441. The molecule has 0 aromatic heterocycles. The van der Waals surface area contributed by atoms with Crippen molar-refractivity contribution in [1.29, 1.82) is 0 Å². The third-order valence-electron chi connectivity index (χ3n) is 5.07. The average Bonchev–Trinajstić information content (AvgIpc) is 3.23. The first-order valence-electron chi connectivity index (χ1n) is 9.81. The number of ether oxygens (including phenoxy) is 2. The average molecular weight is 373 g/mol. The highest BCUT2D eigenvalue weighted by atomic mass is 16.7. The summed E-state index contributed by atoms with van der Waals surface area (Å²) in [6.45, 7) is 8.02. The molecule has 0 radical (unpaired) electrons. The van der Waals surface area contributed by atoms with Crippen LogP contribution < -0.4 is 5.32 Å². The monoisotopic (exact) mass is 373 g/mol. The van der Waals surface area contributed by atoms with Gasteiger partial charge in [-0.15, -0.1) is 0 Å². The zero-order valence-electron chi connectivity index (χ0n) is 16.7. The minimum Gasteiger partial charge on any atom is -0.355 e. The van der Waals surface area contributed by atoms with Crippen molar-refractivity contribution in [3.63, 3.8) is 0 Å². The van der Waals surface area contributed by atoms with Gasteiger partial charge in [0.25, 0.3) is 0 Å². The molecular formula is C25H27NO2. The fraction of sp³-hybridized carbons (Fsp3) is 0.280. The van der Waals surface area contributed by atoms with Gasteiger partial charge >= 0.3 is 0 Å². The highest BCUT2D eigenvalue weighted by Crippen LogP contribution is 2.33. The Balaban J connectivity index is 1.57. The van der Waals surface area contributed by atoms with E-state index in [9.17, 15) is 0 Å². The molecule has 1 fully saturated rings. The normalized spacial score (nSPS) is 15.0. The van der Waals surface area contributed by atoms with Gasteiger partial charge < -0.3 is 14.8 Å². The van der Waals surface area contributed by atoms with Crippen LogP contribution >= 0.6 is 0 Å². The Labute approximate surface area is 167 Å². The first kappa shape index (κ1) is 18.7. The van der Waals surface area contributed by atoms with Crippen molar-refractivity contribution < 1.29 is 9.47 Å². The molecule has 1 aliphatic heterocycles. The van der Waals surface area contributed by atoms with Crippen LogP contribution in [0.25, 0.3) is 11.1 Å². The van der Waals surface area contributed by atoms with E-state index >= 15 is 0 Å². The number of anilines is 2. The van der Waals surface area contributed by atoms with Gasteiger partial charge in [0.2, 0.25) is 0 Å². The molecule has 1 heterocycles. The predicted molar refractivity (Wildman–Crippen MR) is 115 cm³/mol. The molecule has 0 saturated carbocycles. The molecule has 3 aromatic carbocycles. The lowest BCUT2D eigenvalue weighted by Crippen LogP contribution is -2.10. The highest BCUT2D eigenvalue weighted by Gasteiger charge is 2.18. The SMILES string of the molecule is CC(C)(C)c1ccc(Nc2ccccc2-c2ccc(C3OCCO3)cc2)cc1. The van der Waals surface area contributed by atoms with E-state index in [0.717, 1.165) is 22.5 Å². The molecule has 0 unspecified atom stereocenters. The van der Waals surface area contributed by atoms with Crippen molar-refractivity contribution >= 4 is 11.4 Å². The van der Waals surface area contributed by atoms with Gasteiger partial charge in [0.15, 0.2) is 6.29 Å². The summed E-state index contributed by atoms with van der Waals surface area (Å²) in [4.78, 5) is 0. The Kier molecular flexibility index (Phi) is 5.21. The van der Waals surface area contributed by atoms with Gasteiger partial charge in [-0.1, -0.05) is 75.4 Å². The molecule has 0 amide bonds. The second kappa shape index (κ2) is 7.78. The quantitative estimate of drug-likeness (QED) is 0.571. The predicted octanol–water partition coefficient (Wildman–Crippen LogP) is 6.44. The molecule has 144 valence electrons. The number of para-hydroxylation sites is 1. The Bertz CT molecular complexity index is 918. The van der Waals surface area contributed by atoms with Gasteiger partial charge in [-0.3, -0.25) is 0 Å². The lowest BCUT2D eigenvalue weighted by Gasteiger charge is -2.19. The van der Waals surface area contributed by atoms with Crippen molar-refractivity contribution in [3.05, 3.63) is 83.9 Å². The van der Waals surface area contributed by atoms with E-state index in [4.69, 9.17) is 9.47 Å². The molecule has 0 aliphatic carbocycles. The summed E-state index contributed by atoms with van der Waals surface area (Å²) < 4.78 is 11.2. The Morgan fingerprint density at radius 3 is 2.07 bits per heavy atom. The molecule has 1 saturated heterocycles. The Morgan fingerprint density at radius 2 is 1.43 bits per heavy atom. The first-order chi connectivity index (χ1) is 13.5. The van der Waals surface area contributed by atoms with Crippen molar-refractivity contribution in [2.24, 2.45) is 0 Å². The topological polar surface area (TPSA) is 30.5 Å². The van der Waals surface area contributed by atoms with Gasteiger partial charge in [0.05, 0.1) is 13.2 Å². The molecule has 0 bridgehead atoms. The summed E-state index contributed by atoms with van der Waals surface area (Å²) >= 11 is 0. The molecule has 0 atom stereocenters. The Hall–Kier alpha value is -2.62. The summed E-state index contributed by atoms with van der Waals surface area (Å²) in [6, 6.07) is 25.5. The first-order valence-corrected chi connectivity index (χ1v) is 9.81. The maximum absolute atomic E-state index is 5.59. The molecule has 1 N–H and O–H groups in total. The summed E-state index contributed by atoms with van der Waals surface area (Å²) in [6.07, 6.45) is -0.233. The molecule has 1 aliphatic rings. The van der Waals surface area contributed by atoms with E-state index < -0.39 is 0 Å². The second-order valence-electron chi connectivity index (χ2n) is 8.19. The minimum atomic E-state index is -0.233. The standard InChI is InChI=1S/C25H27NO2/c1-25(2,3)20-12-14-21(15-13-20)26-23-7-5-4-6-22(23)18-8-10-19(11-9-18)24-27-16-17-28-24/h4-15,24,26H,16-17H2,1-3H3. The smallest absolute Gasteiger partial charge is 0.184 e. The van der Waals surface area contributed by atoms with Crippen LogP contribution in [0.4, 0.5) is 11.4 Å². The number of hydrogen-bond donors (Lipinski definition) is 1. The lowest BCUT2D eigenvalue weighted by atomic mass is 9.87. The van der Waals surface area contributed by atoms with Crippen molar-refractivity contribution in [2.75, 3.05) is 18.5 Å². The summed E-state index contributed by atoms with van der Waals surface area (Å²) in [5, 5.41) is 3.57. The van der Waals surface area contributed by atoms with Crippen LogP contribution in [0.5, 0.6) is 0 Å². The highest BCUT2D eigenvalue weighted by molar-refractivity contribution is 5.81. The molecule has 3 heteroatoms. The third kappa shape index (κ3) is 4.11. The van der Waals surface area contributed by atoms with Gasteiger partial charge in [0, 0.05) is 22.5 Å². The number of nitrogens with one attached hydrogen (secondary N) is 1. The van der Waals surface area contributed by atoms with Gasteiger partial charge in [-0.25, -0.2) is 0 Å². The van der Waals surface area contributed by atoms with E-state index in [1.165, 1.54) is 11.1 Å². The summed E-state index contributed by atoms with van der Waals surface area (Å²) in [5.41, 5.74) is 7.06. The minimum absolute atomic E-state index is 0.158. The van der Waals surface area contributed by atoms with Crippen LogP contribution in [0.15, 0.2) is 72.8 Å². The molecule has 28 heavy (non-hydrogen) atoms. The third-order valence-corrected chi connectivity index (χ3v) is 5.07. The van der Waals surface area contributed by atoms with Gasteiger partial charge in [0.1, 0.15) is 0 Å². The maximum Gasteiger partial charge on any atom is 0.184 e. The Morgan fingerprint density at radius 1 is 0.786 bits per heavy atom. The number of rotatable bonds is 4. The molecule has 4 rings (SSSR count). The van der Waals surface area contributed by atoms with Gasteiger partial charge in [-0.05, 0) is 34.7 Å². The van der Waals surface area contributed by atoms with E-state index in [-0.39, 0.29) is 11.7 Å². The zero-order valence-corrected chi connectivity index (χ0v) is 16.7. The fourth-order valence-electron chi connectivity index (χ4n) is 3.42. The van der Waals surface area contributed by atoms with Crippen LogP contribution in [0.3, 0.4) is 0 Å². The van der Waals surface area contributed by atoms with Crippen LogP contribution in [0.2, 0.25) is 0 Å². The summed E-state index contributed by atoms with van der Waals surface area (Å²) in [5.74, 6) is 0. The molecule has 3 nitrogen and oxygen atoms in total. The molecular weight excluding hydrogens is 346 g/mol. The molecule has 3 aromatic rings. The van der Waals surface area contributed by atoms with E-state index in [1.54, 1.807) is 0 Å². The zero-order chi connectivity index (χ0) is 19.6. The maximum atomic E-state index is 5.59. The van der Waals surface area contributed by atoms with E-state index in [0.29, 0.717) is 13.2 Å². The number of hydrogen-bond acceptors (Lipinski definition) is 3. The van der Waals surface area contributed by atoms with Crippen LogP contribution in [-0.2, 0) is 14.9 Å². The number of benzene rings is 3. The summed E-state index contributed by atoms with van der Waals surface area (Å²) in [7, 11) is 0. The van der Waals surface area contributed by atoms with Crippen molar-refractivity contribution in [1.82, 2.24) is 0 Å². The van der Waals surface area contributed by atoms with Crippen LogP contribution in [0.1, 0.15) is 38.2 Å². The van der Waals surface area contributed by atoms with Gasteiger partial charge in [-0.2, -0.15) is 0 Å². The van der Waals surface area contributed by atoms with Crippen LogP contribution in [-0.4, -0.2) is 13.2 Å². The second-order valence-corrected chi connectivity index (χ2v) is 8.19. The van der Waals surface area contributed by atoms with Crippen molar-refractivity contribution in [3.8, 4) is 11.1 Å². The molecule has 0 spiro atoms. The largest absolute Gasteiger partial charge is 0.355 e. The van der Waals surface area contributed by atoms with E-state index in [1.807, 2.05) is 0 Å². The van der Waals surface area contributed by atoms with E-state index in [2.05, 4.69) is 98.9 Å². The van der Waals surface area contributed by atoms with Crippen molar-refractivity contribution in [2.45, 2.75) is 32.5 Å².